The van der Waals surface area contributed by atoms with Crippen LogP contribution < -0.4 is 5.73 Å². The first-order valence-electron chi connectivity index (χ1n) is 7.56. The molecule has 122 valence electrons. The van der Waals surface area contributed by atoms with Crippen molar-refractivity contribution in [1.29, 1.82) is 0 Å². The van der Waals surface area contributed by atoms with Crippen LogP contribution in [0.15, 0.2) is 45.2 Å². The quantitative estimate of drug-likeness (QED) is 0.784. The number of halogens is 3. The zero-order chi connectivity index (χ0) is 16.4. The fourth-order valence-corrected chi connectivity index (χ4v) is 3.74. The summed E-state index contributed by atoms with van der Waals surface area (Å²) in [7, 11) is 0. The molecule has 0 saturated heterocycles. The van der Waals surface area contributed by atoms with Crippen LogP contribution in [0.25, 0.3) is 0 Å². The van der Waals surface area contributed by atoms with E-state index in [1.165, 1.54) is 17.8 Å². The van der Waals surface area contributed by atoms with Crippen molar-refractivity contribution in [2.75, 3.05) is 6.54 Å². The largest absolute Gasteiger partial charge is 0.416 e. The lowest BCUT2D eigenvalue weighted by molar-refractivity contribution is -0.138. The van der Waals surface area contributed by atoms with Gasteiger partial charge in [-0.1, -0.05) is 23.9 Å². The number of hydrogen-bond donors (Lipinski definition) is 1. The molecule has 0 saturated carbocycles. The first-order chi connectivity index (χ1) is 11.0. The van der Waals surface area contributed by atoms with Gasteiger partial charge in [-0.2, -0.15) is 13.2 Å². The number of nitrogens with two attached hydrogens (primary N) is 1. The van der Waals surface area contributed by atoms with Gasteiger partial charge in [0.15, 0.2) is 0 Å². The molecule has 0 radical (unpaired) electrons. The number of benzene rings is 1. The number of unbranched alkanes of at least 4 members (excludes halogenated alkanes) is 1. The van der Waals surface area contributed by atoms with Crippen molar-refractivity contribution in [2.24, 2.45) is 10.7 Å². The van der Waals surface area contributed by atoms with Crippen LogP contribution in [0.1, 0.15) is 30.4 Å². The molecule has 2 aliphatic rings. The van der Waals surface area contributed by atoms with E-state index in [2.05, 4.69) is 4.99 Å². The van der Waals surface area contributed by atoms with Gasteiger partial charge in [0, 0.05) is 16.2 Å². The van der Waals surface area contributed by atoms with Gasteiger partial charge in [-0.25, -0.2) is 0 Å². The SMILES string of the molecule is NCCCCc1cc2c(cc1C(F)(F)F)N=C1CC=CC=C1S2. The molecule has 1 aliphatic heterocycles. The number of thioether (sulfide) groups is 1. The minimum atomic E-state index is -4.36. The van der Waals surface area contributed by atoms with E-state index in [0.29, 0.717) is 37.1 Å². The fourth-order valence-electron chi connectivity index (χ4n) is 2.70. The number of allylic oxidation sites excluding steroid dienone is 4. The van der Waals surface area contributed by atoms with Crippen LogP contribution in [0.4, 0.5) is 18.9 Å². The maximum Gasteiger partial charge on any atom is 0.416 e. The van der Waals surface area contributed by atoms with Crippen LogP contribution >= 0.6 is 11.8 Å². The molecule has 0 fully saturated rings. The third-order valence-electron chi connectivity index (χ3n) is 3.85. The number of aliphatic imine (C=N–C) groups is 1. The van der Waals surface area contributed by atoms with Crippen LogP contribution in [0.3, 0.4) is 0 Å². The topological polar surface area (TPSA) is 38.4 Å². The second-order valence-electron chi connectivity index (χ2n) is 5.54. The Kier molecular flexibility index (Phi) is 4.64. The Bertz CT molecular complexity index is 703. The van der Waals surface area contributed by atoms with E-state index < -0.39 is 11.7 Å². The lowest BCUT2D eigenvalue weighted by atomic mass is 10.00. The number of rotatable bonds is 4. The molecule has 3 rings (SSSR count). The van der Waals surface area contributed by atoms with Crippen molar-refractivity contribution < 1.29 is 13.2 Å². The Hall–Kier alpha value is -1.53. The van der Waals surface area contributed by atoms with Crippen molar-refractivity contribution in [2.45, 2.75) is 36.8 Å². The maximum absolute atomic E-state index is 13.4. The van der Waals surface area contributed by atoms with Gasteiger partial charge < -0.3 is 5.73 Å². The van der Waals surface area contributed by atoms with Gasteiger partial charge >= 0.3 is 6.18 Å². The summed E-state index contributed by atoms with van der Waals surface area (Å²) in [6.07, 6.45) is 3.94. The second kappa shape index (κ2) is 6.53. The molecule has 0 aromatic heterocycles. The van der Waals surface area contributed by atoms with Gasteiger partial charge in [-0.3, -0.25) is 4.99 Å². The highest BCUT2D eigenvalue weighted by molar-refractivity contribution is 8.04. The average Bonchev–Trinajstić information content (AvgIpc) is 2.51. The smallest absolute Gasteiger partial charge is 0.330 e. The van der Waals surface area contributed by atoms with E-state index in [-0.39, 0.29) is 0 Å². The van der Waals surface area contributed by atoms with Gasteiger partial charge in [0.2, 0.25) is 0 Å². The van der Waals surface area contributed by atoms with Gasteiger partial charge in [0.05, 0.1) is 17.0 Å². The lowest BCUT2D eigenvalue weighted by Gasteiger charge is -2.22. The summed E-state index contributed by atoms with van der Waals surface area (Å²) in [5.41, 5.74) is 6.47. The zero-order valence-electron chi connectivity index (χ0n) is 12.5. The molecule has 6 heteroatoms. The number of nitrogens with zero attached hydrogens (tertiary/aromatic N) is 1. The Morgan fingerprint density at radius 1 is 1.22 bits per heavy atom. The minimum Gasteiger partial charge on any atom is -0.330 e. The Labute approximate surface area is 137 Å². The molecule has 1 heterocycles. The minimum absolute atomic E-state index is 0.336. The number of fused-ring (bicyclic) bond motifs is 2. The molecule has 1 aromatic rings. The molecule has 1 aromatic carbocycles. The standard InChI is InChI=1S/C17H17F3N2S/c18-17(19,20)12-10-14-16(9-11(12)5-3-4-8-21)23-15-7-2-1-6-13(15)22-14/h1-2,7,9-10H,3-6,8,21H2. The van der Waals surface area contributed by atoms with Crippen molar-refractivity contribution in [1.82, 2.24) is 0 Å². The van der Waals surface area contributed by atoms with Crippen LogP contribution in [0.5, 0.6) is 0 Å². The molecule has 1 aliphatic carbocycles. The third-order valence-corrected chi connectivity index (χ3v) is 4.98. The summed E-state index contributed by atoms with van der Waals surface area (Å²) in [5.74, 6) is 0. The number of alkyl halides is 3. The summed E-state index contributed by atoms with van der Waals surface area (Å²) < 4.78 is 40.1. The molecule has 2 nitrogen and oxygen atoms in total. The summed E-state index contributed by atoms with van der Waals surface area (Å²) in [5, 5.41) is 0. The van der Waals surface area contributed by atoms with E-state index >= 15 is 0 Å². The van der Waals surface area contributed by atoms with Crippen LogP contribution in [0, 0.1) is 0 Å². The third kappa shape index (κ3) is 3.53. The second-order valence-corrected chi connectivity index (χ2v) is 6.63. The van der Waals surface area contributed by atoms with Crippen LogP contribution in [-0.4, -0.2) is 12.3 Å². The summed E-state index contributed by atoms with van der Waals surface area (Å²) >= 11 is 1.50. The van der Waals surface area contributed by atoms with Crippen LogP contribution in [0.2, 0.25) is 0 Å². The molecule has 0 amide bonds. The Morgan fingerprint density at radius 3 is 2.78 bits per heavy atom. The molecular formula is C17H17F3N2S. The molecule has 23 heavy (non-hydrogen) atoms. The van der Waals surface area contributed by atoms with Gasteiger partial charge in [0.1, 0.15) is 0 Å². The number of hydrogen-bond acceptors (Lipinski definition) is 3. The first kappa shape index (κ1) is 16.3. The molecule has 0 spiro atoms. The van der Waals surface area contributed by atoms with E-state index in [1.54, 1.807) is 6.07 Å². The summed E-state index contributed by atoms with van der Waals surface area (Å²) in [4.78, 5) is 6.25. The summed E-state index contributed by atoms with van der Waals surface area (Å²) in [6, 6.07) is 2.85. The molecule has 2 N–H and O–H groups in total. The predicted molar refractivity (Wildman–Crippen MR) is 88.2 cm³/mol. The van der Waals surface area contributed by atoms with Crippen molar-refractivity contribution >= 4 is 23.2 Å². The monoisotopic (exact) mass is 338 g/mol. The van der Waals surface area contributed by atoms with E-state index in [1.807, 2.05) is 18.2 Å². The number of aryl methyl sites for hydroxylation is 1. The van der Waals surface area contributed by atoms with E-state index in [4.69, 9.17) is 5.73 Å². The average molecular weight is 338 g/mol. The Balaban J connectivity index is 2.01. The molecule has 0 atom stereocenters. The van der Waals surface area contributed by atoms with Crippen molar-refractivity contribution in [3.05, 3.63) is 46.4 Å². The highest BCUT2D eigenvalue weighted by atomic mass is 32.2. The predicted octanol–water partition coefficient (Wildman–Crippen LogP) is 5.01. The molecule has 0 bridgehead atoms. The highest BCUT2D eigenvalue weighted by Gasteiger charge is 2.35. The maximum atomic E-state index is 13.4. The summed E-state index contributed by atoms with van der Waals surface area (Å²) in [6.45, 7) is 0.494. The van der Waals surface area contributed by atoms with Gasteiger partial charge in [0.25, 0.3) is 0 Å². The van der Waals surface area contributed by atoms with E-state index in [9.17, 15) is 13.2 Å². The lowest BCUT2D eigenvalue weighted by Crippen LogP contribution is -2.12. The van der Waals surface area contributed by atoms with Gasteiger partial charge in [-0.15, -0.1) is 0 Å². The molecular weight excluding hydrogens is 321 g/mol. The molecule has 0 unspecified atom stereocenters. The Morgan fingerprint density at radius 2 is 2.04 bits per heavy atom. The van der Waals surface area contributed by atoms with E-state index in [0.717, 1.165) is 21.9 Å². The zero-order valence-corrected chi connectivity index (χ0v) is 13.3. The first-order valence-corrected chi connectivity index (χ1v) is 8.37. The normalized spacial score (nSPS) is 16.5. The van der Waals surface area contributed by atoms with Crippen molar-refractivity contribution in [3.63, 3.8) is 0 Å². The van der Waals surface area contributed by atoms with Gasteiger partial charge in [-0.05, 0) is 49.6 Å². The van der Waals surface area contributed by atoms with Crippen molar-refractivity contribution in [3.8, 4) is 0 Å². The fraction of sp³-hybridized carbons (Fsp3) is 0.353. The van der Waals surface area contributed by atoms with Crippen LogP contribution in [-0.2, 0) is 12.6 Å². The highest BCUT2D eigenvalue weighted by Crippen LogP contribution is 2.46.